The first-order valence-corrected chi connectivity index (χ1v) is 5.50. The van der Waals surface area contributed by atoms with Crippen molar-refractivity contribution in [1.29, 1.82) is 5.41 Å². The number of nitro groups is 1. The van der Waals surface area contributed by atoms with E-state index in [1.807, 2.05) is 20.8 Å². The molecule has 0 spiro atoms. The first-order valence-electron chi connectivity index (χ1n) is 5.50. The molecular formula is C11H21N3O3. The van der Waals surface area contributed by atoms with Crippen LogP contribution in [0.2, 0.25) is 0 Å². The maximum atomic E-state index is 10.1. The molecule has 0 saturated carbocycles. The van der Waals surface area contributed by atoms with Crippen LogP contribution in [0.3, 0.4) is 0 Å². The fraction of sp³-hybridized carbons (Fsp3) is 0.636. The highest BCUT2D eigenvalue weighted by atomic mass is 16.6. The minimum absolute atomic E-state index is 0.0926. The van der Waals surface area contributed by atoms with E-state index in [0.29, 0.717) is 12.3 Å². The Hall–Kier alpha value is -1.72. The van der Waals surface area contributed by atoms with Crippen molar-refractivity contribution in [2.75, 3.05) is 7.05 Å². The molecule has 0 aromatic carbocycles. The third-order valence-electron chi connectivity index (χ3n) is 2.02. The fourth-order valence-corrected chi connectivity index (χ4v) is 0.629. The Labute approximate surface area is 102 Å². The maximum Gasteiger partial charge on any atom is 0.355 e. The highest BCUT2D eigenvalue weighted by Gasteiger charge is 2.01. The van der Waals surface area contributed by atoms with Crippen molar-refractivity contribution in [1.82, 2.24) is 5.32 Å². The zero-order chi connectivity index (χ0) is 13.8. The molecule has 0 radical (unpaired) electrons. The molecule has 0 aliphatic rings. The van der Waals surface area contributed by atoms with Crippen LogP contribution >= 0.6 is 0 Å². The zero-order valence-electron chi connectivity index (χ0n) is 10.8. The molecule has 1 amide bonds. The smallest absolute Gasteiger partial charge is 0.355 e. The van der Waals surface area contributed by atoms with Gasteiger partial charge >= 0.3 is 5.84 Å². The molecule has 17 heavy (non-hydrogen) atoms. The summed E-state index contributed by atoms with van der Waals surface area (Å²) in [6.07, 6.45) is 4.41. The lowest BCUT2D eigenvalue weighted by Gasteiger charge is -1.97. The van der Waals surface area contributed by atoms with Crippen molar-refractivity contribution >= 4 is 11.7 Å². The average Bonchev–Trinajstić information content (AvgIpc) is 2.34. The summed E-state index contributed by atoms with van der Waals surface area (Å²) < 4.78 is 0. The highest BCUT2D eigenvalue weighted by Crippen LogP contribution is 2.01. The van der Waals surface area contributed by atoms with Crippen molar-refractivity contribution in [2.24, 2.45) is 5.92 Å². The van der Waals surface area contributed by atoms with Gasteiger partial charge in [0.25, 0.3) is 0 Å². The molecule has 0 aromatic rings. The third-order valence-corrected chi connectivity index (χ3v) is 2.02. The van der Waals surface area contributed by atoms with E-state index < -0.39 is 10.8 Å². The van der Waals surface area contributed by atoms with Gasteiger partial charge < -0.3 is 15.4 Å². The Balaban J connectivity index is 0. The Morgan fingerprint density at radius 2 is 2.06 bits per heavy atom. The first-order chi connectivity index (χ1) is 7.88. The van der Waals surface area contributed by atoms with Crippen LogP contribution in [0.15, 0.2) is 12.2 Å². The summed E-state index contributed by atoms with van der Waals surface area (Å²) in [6.45, 7) is 5.76. The average molecular weight is 243 g/mol. The van der Waals surface area contributed by atoms with E-state index in [2.05, 4.69) is 5.32 Å². The number of carbonyl (C=O) groups is 1. The normalized spacial score (nSPS) is 11.3. The number of hydrogen-bond acceptors (Lipinski definition) is 4. The third kappa shape index (κ3) is 12.2. The van der Waals surface area contributed by atoms with Gasteiger partial charge in [0, 0.05) is 19.5 Å². The zero-order valence-corrected chi connectivity index (χ0v) is 10.8. The number of amides is 1. The number of amidine groups is 1. The van der Waals surface area contributed by atoms with Crippen LogP contribution in [0.5, 0.6) is 0 Å². The maximum absolute atomic E-state index is 10.1. The molecule has 0 rings (SSSR count). The largest absolute Gasteiger partial charge is 0.359 e. The lowest BCUT2D eigenvalue weighted by atomic mass is 10.1. The molecule has 6 heteroatoms. The molecule has 1 atom stereocenters. The summed E-state index contributed by atoms with van der Waals surface area (Å²) in [5.41, 5.74) is 0. The van der Waals surface area contributed by atoms with Crippen LogP contribution in [0.25, 0.3) is 0 Å². The van der Waals surface area contributed by atoms with Gasteiger partial charge in [-0.2, -0.15) is 0 Å². The summed E-state index contributed by atoms with van der Waals surface area (Å²) in [5.74, 6) is -0.157. The Morgan fingerprint density at radius 1 is 1.53 bits per heavy atom. The highest BCUT2D eigenvalue weighted by molar-refractivity contribution is 5.82. The number of carbonyl (C=O) groups excluding carboxylic acids is 1. The number of rotatable bonds is 4. The van der Waals surface area contributed by atoms with Gasteiger partial charge in [0.1, 0.15) is 0 Å². The predicted molar refractivity (Wildman–Crippen MR) is 67.7 cm³/mol. The van der Waals surface area contributed by atoms with Crippen molar-refractivity contribution in [2.45, 2.75) is 33.6 Å². The summed E-state index contributed by atoms with van der Waals surface area (Å²) in [6, 6.07) is 0. The van der Waals surface area contributed by atoms with Crippen molar-refractivity contribution in [3.05, 3.63) is 22.3 Å². The van der Waals surface area contributed by atoms with E-state index in [9.17, 15) is 14.9 Å². The lowest BCUT2D eigenvalue weighted by Crippen LogP contribution is -2.15. The van der Waals surface area contributed by atoms with Crippen molar-refractivity contribution < 1.29 is 9.72 Å². The van der Waals surface area contributed by atoms with Gasteiger partial charge in [-0.3, -0.25) is 4.79 Å². The minimum atomic E-state index is -0.709. The predicted octanol–water partition coefficient (Wildman–Crippen LogP) is 1.99. The molecule has 0 heterocycles. The molecule has 2 N–H and O–H groups in total. The Kier molecular flexibility index (Phi) is 11.2. The number of nitrogens with one attached hydrogen (secondary N) is 2. The van der Waals surface area contributed by atoms with Crippen LogP contribution in [-0.2, 0) is 4.79 Å². The van der Waals surface area contributed by atoms with Gasteiger partial charge in [0.05, 0.1) is 0 Å². The second kappa shape index (κ2) is 10.8. The van der Waals surface area contributed by atoms with E-state index in [1.165, 1.54) is 6.08 Å². The van der Waals surface area contributed by atoms with Crippen LogP contribution in [0.4, 0.5) is 0 Å². The quantitative estimate of drug-likeness (QED) is 0.342. The van der Waals surface area contributed by atoms with Crippen LogP contribution in [0.1, 0.15) is 33.6 Å². The molecule has 0 bridgehead atoms. The van der Waals surface area contributed by atoms with Crippen LogP contribution < -0.4 is 5.32 Å². The number of allylic oxidation sites excluding steroid dienone is 1. The molecular weight excluding hydrogens is 222 g/mol. The molecule has 0 saturated heterocycles. The Morgan fingerprint density at radius 3 is 2.29 bits per heavy atom. The summed E-state index contributed by atoms with van der Waals surface area (Å²) >= 11 is 0. The summed E-state index contributed by atoms with van der Waals surface area (Å²) in [4.78, 5) is 19.3. The molecule has 0 aliphatic heterocycles. The molecule has 0 fully saturated rings. The minimum Gasteiger partial charge on any atom is -0.359 e. The molecule has 98 valence electrons. The molecule has 0 aromatic heterocycles. The second-order valence-corrected chi connectivity index (χ2v) is 3.41. The summed E-state index contributed by atoms with van der Waals surface area (Å²) in [5, 5.41) is 19.2. The van der Waals surface area contributed by atoms with Crippen LogP contribution in [0, 0.1) is 21.4 Å². The SMILES string of the molecule is CCC(=O)NC.CCC(C)/C=C\C(=N)[N+](=O)[O-]. The van der Waals surface area contributed by atoms with Gasteiger partial charge in [-0.1, -0.05) is 38.7 Å². The van der Waals surface area contributed by atoms with E-state index in [-0.39, 0.29) is 5.91 Å². The van der Waals surface area contributed by atoms with E-state index in [4.69, 9.17) is 5.41 Å². The van der Waals surface area contributed by atoms with Gasteiger partial charge in [0.2, 0.25) is 5.91 Å². The fourth-order valence-electron chi connectivity index (χ4n) is 0.629. The molecule has 0 aliphatic carbocycles. The molecule has 6 nitrogen and oxygen atoms in total. The number of hydrogen-bond donors (Lipinski definition) is 2. The van der Waals surface area contributed by atoms with Gasteiger partial charge in [0.15, 0.2) is 0 Å². The lowest BCUT2D eigenvalue weighted by molar-refractivity contribution is -0.349. The van der Waals surface area contributed by atoms with E-state index in [1.54, 1.807) is 13.1 Å². The van der Waals surface area contributed by atoms with Gasteiger partial charge in [-0.05, 0) is 10.8 Å². The topological polar surface area (TPSA) is 96.1 Å². The van der Waals surface area contributed by atoms with Crippen molar-refractivity contribution in [3.8, 4) is 0 Å². The standard InChI is InChI=1S/C7H12N2O2.C4H9NO/c1-3-6(2)4-5-7(8)9(10)11;1-3-4(6)5-2/h4-6,8H,3H2,1-2H3;3H2,1-2H3,(H,5,6)/b5-4-,8-7?;. The van der Waals surface area contributed by atoms with E-state index in [0.717, 1.165) is 6.42 Å². The Bertz CT molecular complexity index is 282. The number of nitrogens with zero attached hydrogens (tertiary/aromatic N) is 1. The van der Waals surface area contributed by atoms with Crippen LogP contribution in [-0.4, -0.2) is 23.7 Å². The van der Waals surface area contributed by atoms with Gasteiger partial charge in [-0.15, -0.1) is 0 Å². The summed E-state index contributed by atoms with van der Waals surface area (Å²) in [7, 11) is 1.63. The monoisotopic (exact) mass is 243 g/mol. The van der Waals surface area contributed by atoms with Crippen molar-refractivity contribution in [3.63, 3.8) is 0 Å². The van der Waals surface area contributed by atoms with E-state index >= 15 is 0 Å². The first kappa shape index (κ1) is 17.7. The second-order valence-electron chi connectivity index (χ2n) is 3.41. The molecule has 1 unspecified atom stereocenters. The van der Waals surface area contributed by atoms with Gasteiger partial charge in [-0.25, -0.2) is 0 Å².